The predicted molar refractivity (Wildman–Crippen MR) is 116 cm³/mol. The molecule has 0 radical (unpaired) electrons. The van der Waals surface area contributed by atoms with Gasteiger partial charge in [-0.1, -0.05) is 122 Å². The van der Waals surface area contributed by atoms with Crippen LogP contribution in [0, 0.1) is 5.92 Å². The molecule has 150 valence electrons. The van der Waals surface area contributed by atoms with Crippen molar-refractivity contribution in [3.05, 3.63) is 29.8 Å². The quantitative estimate of drug-likeness (QED) is 0.292. The fourth-order valence-electron chi connectivity index (χ4n) is 4.41. The number of unbranched alkanes of at least 4 members (excludes halogenated alkanes) is 8. The molecule has 1 aromatic rings. The van der Waals surface area contributed by atoms with Crippen LogP contribution in [0.4, 0.5) is 0 Å². The van der Waals surface area contributed by atoms with Crippen LogP contribution in [0.5, 0.6) is 5.75 Å². The van der Waals surface area contributed by atoms with Crippen molar-refractivity contribution in [1.82, 2.24) is 0 Å². The molecule has 1 nitrogen and oxygen atoms in total. The number of hydrogen-bond acceptors (Lipinski definition) is 1. The van der Waals surface area contributed by atoms with E-state index in [1.54, 1.807) is 0 Å². The molecule has 0 aliphatic carbocycles. The van der Waals surface area contributed by atoms with E-state index in [0.29, 0.717) is 17.6 Å². The summed E-state index contributed by atoms with van der Waals surface area (Å²) in [6, 6.07) is 8.07. The van der Waals surface area contributed by atoms with Crippen LogP contribution >= 0.6 is 0 Å². The van der Waals surface area contributed by atoms with E-state index in [-0.39, 0.29) is 0 Å². The Kier molecular flexibility index (Phi) is 13.4. The van der Waals surface area contributed by atoms with E-state index in [0.717, 1.165) is 0 Å². The molecule has 1 rings (SSSR count). The van der Waals surface area contributed by atoms with Crippen LogP contribution in [0.2, 0.25) is 0 Å². The first-order valence-electron chi connectivity index (χ1n) is 11.5. The van der Waals surface area contributed by atoms with E-state index in [4.69, 9.17) is 0 Å². The first-order valence-corrected chi connectivity index (χ1v) is 11.5. The van der Waals surface area contributed by atoms with E-state index >= 15 is 0 Å². The third-order valence-electron chi connectivity index (χ3n) is 5.84. The van der Waals surface area contributed by atoms with Crippen molar-refractivity contribution in [2.75, 3.05) is 0 Å². The summed E-state index contributed by atoms with van der Waals surface area (Å²) in [7, 11) is 0. The van der Waals surface area contributed by atoms with Crippen molar-refractivity contribution < 1.29 is 5.11 Å². The third kappa shape index (κ3) is 9.10. The highest BCUT2D eigenvalue weighted by molar-refractivity contribution is 5.35. The molecule has 0 bridgehead atoms. The summed E-state index contributed by atoms with van der Waals surface area (Å²) in [6.45, 7) is 6.87. The number of hydrogen-bond donors (Lipinski definition) is 1. The standard InChI is InChI=1S/C25H44O/c1-4-7-8-9-10-11-12-13-14-19-23(22(17-5-2)18-6-3)24-20-15-16-21-25(24)26/h15-16,20-23,26H,4-14,17-19H2,1-3H3. The molecule has 26 heavy (non-hydrogen) atoms. The number of phenols is 1. The van der Waals surface area contributed by atoms with Crippen LogP contribution in [0.1, 0.15) is 122 Å². The lowest BCUT2D eigenvalue weighted by Crippen LogP contribution is -2.14. The Morgan fingerprint density at radius 1 is 0.654 bits per heavy atom. The lowest BCUT2D eigenvalue weighted by molar-refractivity contribution is 0.329. The maximum Gasteiger partial charge on any atom is 0.119 e. The van der Waals surface area contributed by atoms with E-state index < -0.39 is 0 Å². The highest BCUT2D eigenvalue weighted by Crippen LogP contribution is 2.39. The Balaban J connectivity index is 2.49. The average Bonchev–Trinajstić information content (AvgIpc) is 2.64. The van der Waals surface area contributed by atoms with E-state index in [9.17, 15) is 5.11 Å². The Labute approximate surface area is 163 Å². The lowest BCUT2D eigenvalue weighted by Gasteiger charge is -2.28. The molecule has 1 N–H and O–H groups in total. The summed E-state index contributed by atoms with van der Waals surface area (Å²) in [5, 5.41) is 10.4. The second kappa shape index (κ2) is 15.1. The van der Waals surface area contributed by atoms with Gasteiger partial charge in [-0.3, -0.25) is 0 Å². The SMILES string of the molecule is CCCCCCCCCCCC(c1ccccc1O)C(CCC)CCC. The maximum atomic E-state index is 10.4. The zero-order valence-electron chi connectivity index (χ0n) is 17.8. The van der Waals surface area contributed by atoms with E-state index in [1.165, 1.54) is 95.5 Å². The van der Waals surface area contributed by atoms with E-state index in [1.807, 2.05) is 12.1 Å². The summed E-state index contributed by atoms with van der Waals surface area (Å²) < 4.78 is 0. The largest absolute Gasteiger partial charge is 0.508 e. The number of para-hydroxylation sites is 1. The van der Waals surface area contributed by atoms with Gasteiger partial charge < -0.3 is 5.11 Å². The first-order chi connectivity index (χ1) is 12.7. The summed E-state index contributed by atoms with van der Waals surface area (Å²) in [5.41, 5.74) is 1.19. The van der Waals surface area contributed by atoms with Crippen LogP contribution in [0.15, 0.2) is 24.3 Å². The Hall–Kier alpha value is -0.980. The van der Waals surface area contributed by atoms with Gasteiger partial charge in [0.2, 0.25) is 0 Å². The molecule has 0 fully saturated rings. The normalized spacial score (nSPS) is 12.6. The van der Waals surface area contributed by atoms with Gasteiger partial charge in [0.1, 0.15) is 5.75 Å². The van der Waals surface area contributed by atoms with Crippen molar-refractivity contribution in [2.45, 2.75) is 117 Å². The van der Waals surface area contributed by atoms with Gasteiger partial charge in [0.05, 0.1) is 0 Å². The number of aromatic hydroxyl groups is 1. The lowest BCUT2D eigenvalue weighted by atomic mass is 9.77. The van der Waals surface area contributed by atoms with Crippen LogP contribution in [-0.4, -0.2) is 5.11 Å². The van der Waals surface area contributed by atoms with Gasteiger partial charge in [0.25, 0.3) is 0 Å². The molecule has 1 atom stereocenters. The number of benzene rings is 1. The molecular weight excluding hydrogens is 316 g/mol. The second-order valence-electron chi connectivity index (χ2n) is 8.12. The van der Waals surface area contributed by atoms with Gasteiger partial charge in [-0.15, -0.1) is 0 Å². The molecule has 1 aromatic carbocycles. The molecule has 0 heterocycles. The van der Waals surface area contributed by atoms with Gasteiger partial charge in [0.15, 0.2) is 0 Å². The van der Waals surface area contributed by atoms with Crippen molar-refractivity contribution in [2.24, 2.45) is 5.92 Å². The molecular formula is C25H44O. The Morgan fingerprint density at radius 2 is 1.19 bits per heavy atom. The van der Waals surface area contributed by atoms with Crippen molar-refractivity contribution in [3.8, 4) is 5.75 Å². The molecule has 1 unspecified atom stereocenters. The van der Waals surface area contributed by atoms with Crippen LogP contribution in [0.3, 0.4) is 0 Å². The summed E-state index contributed by atoms with van der Waals surface area (Å²) in [5.74, 6) is 1.75. The molecule has 0 saturated heterocycles. The fourth-order valence-corrected chi connectivity index (χ4v) is 4.41. The van der Waals surface area contributed by atoms with Gasteiger partial charge in [-0.25, -0.2) is 0 Å². The number of phenolic OH excluding ortho intramolecular Hbond substituents is 1. The van der Waals surface area contributed by atoms with Crippen LogP contribution in [-0.2, 0) is 0 Å². The number of rotatable bonds is 16. The van der Waals surface area contributed by atoms with Crippen molar-refractivity contribution in [1.29, 1.82) is 0 Å². The summed E-state index contributed by atoms with van der Waals surface area (Å²) in [4.78, 5) is 0. The highest BCUT2D eigenvalue weighted by atomic mass is 16.3. The average molecular weight is 361 g/mol. The molecule has 0 saturated carbocycles. The van der Waals surface area contributed by atoms with Gasteiger partial charge in [0, 0.05) is 0 Å². The smallest absolute Gasteiger partial charge is 0.119 e. The topological polar surface area (TPSA) is 20.2 Å². The molecule has 0 aromatic heterocycles. The van der Waals surface area contributed by atoms with Crippen molar-refractivity contribution >= 4 is 0 Å². The zero-order chi connectivity index (χ0) is 19.0. The second-order valence-corrected chi connectivity index (χ2v) is 8.12. The van der Waals surface area contributed by atoms with Crippen molar-refractivity contribution in [3.63, 3.8) is 0 Å². The molecule has 0 amide bonds. The van der Waals surface area contributed by atoms with Gasteiger partial charge >= 0.3 is 0 Å². The van der Waals surface area contributed by atoms with Crippen LogP contribution < -0.4 is 0 Å². The molecule has 1 heteroatoms. The van der Waals surface area contributed by atoms with Gasteiger partial charge in [-0.2, -0.15) is 0 Å². The summed E-state index contributed by atoms with van der Waals surface area (Å²) in [6.07, 6.45) is 18.7. The molecule has 0 aliphatic heterocycles. The minimum atomic E-state index is 0.505. The highest BCUT2D eigenvalue weighted by Gasteiger charge is 2.23. The Morgan fingerprint density at radius 3 is 1.73 bits per heavy atom. The zero-order valence-corrected chi connectivity index (χ0v) is 17.8. The van der Waals surface area contributed by atoms with E-state index in [2.05, 4.69) is 32.9 Å². The minimum absolute atomic E-state index is 0.505. The Bertz CT molecular complexity index is 434. The summed E-state index contributed by atoms with van der Waals surface area (Å²) >= 11 is 0. The predicted octanol–water partition coefficient (Wildman–Crippen LogP) is 8.61. The molecule has 0 spiro atoms. The molecule has 0 aliphatic rings. The monoisotopic (exact) mass is 360 g/mol. The third-order valence-corrected chi connectivity index (χ3v) is 5.84. The van der Waals surface area contributed by atoms with Crippen LogP contribution in [0.25, 0.3) is 0 Å². The maximum absolute atomic E-state index is 10.4. The first kappa shape index (κ1) is 23.1. The van der Waals surface area contributed by atoms with Gasteiger partial charge in [-0.05, 0) is 29.9 Å². The fraction of sp³-hybridized carbons (Fsp3) is 0.760. The minimum Gasteiger partial charge on any atom is -0.508 e.